The fourth-order valence-electron chi connectivity index (χ4n) is 2.31. The number of hydrogen-bond acceptors (Lipinski definition) is 2. The van der Waals surface area contributed by atoms with E-state index in [4.69, 9.17) is 0 Å². The first-order valence-electron chi connectivity index (χ1n) is 5.99. The molecule has 0 atom stereocenters. The van der Waals surface area contributed by atoms with E-state index in [9.17, 15) is 5.11 Å². The maximum atomic E-state index is 9.25. The summed E-state index contributed by atoms with van der Waals surface area (Å²) in [4.78, 5) is 0. The van der Waals surface area contributed by atoms with Gasteiger partial charge in [-0.05, 0) is 50.3 Å². The smallest absolute Gasteiger partial charge is 0.0613 e. The molecule has 1 aliphatic rings. The van der Waals surface area contributed by atoms with Crippen LogP contribution in [-0.2, 0) is 6.54 Å². The van der Waals surface area contributed by atoms with E-state index < -0.39 is 0 Å². The number of aliphatic hydroxyl groups is 1. The molecule has 0 heterocycles. The largest absolute Gasteiger partial charge is 0.394 e. The summed E-state index contributed by atoms with van der Waals surface area (Å²) in [7, 11) is 0. The molecule has 2 nitrogen and oxygen atoms in total. The number of benzene rings is 1. The second kappa shape index (κ2) is 4.19. The predicted octanol–water partition coefficient (Wildman–Crippen LogP) is 2.23. The van der Waals surface area contributed by atoms with E-state index in [1.807, 2.05) is 0 Å². The zero-order valence-electron chi connectivity index (χ0n) is 10.4. The zero-order valence-corrected chi connectivity index (χ0v) is 10.4. The van der Waals surface area contributed by atoms with E-state index in [-0.39, 0.29) is 12.1 Å². The first kappa shape index (κ1) is 11.6. The van der Waals surface area contributed by atoms with E-state index >= 15 is 0 Å². The molecule has 0 unspecified atom stereocenters. The highest BCUT2D eigenvalue weighted by Crippen LogP contribution is 2.35. The Balaban J connectivity index is 2.09. The molecule has 2 N–H and O–H groups in total. The fraction of sp³-hybridized carbons (Fsp3) is 0.571. The van der Waals surface area contributed by atoms with Crippen molar-refractivity contribution in [3.8, 4) is 0 Å². The Morgan fingerprint density at radius 2 is 1.75 bits per heavy atom. The molecule has 1 saturated carbocycles. The van der Waals surface area contributed by atoms with Crippen LogP contribution in [0.2, 0.25) is 0 Å². The lowest BCUT2D eigenvalue weighted by atomic mass is 9.99. The average Bonchev–Trinajstić information content (AvgIpc) is 2.97. The molecule has 2 rings (SSSR count). The van der Waals surface area contributed by atoms with E-state index in [1.54, 1.807) is 0 Å². The van der Waals surface area contributed by atoms with E-state index in [2.05, 4.69) is 38.2 Å². The molecule has 16 heavy (non-hydrogen) atoms. The highest BCUT2D eigenvalue weighted by atomic mass is 16.3. The third-order valence-electron chi connectivity index (χ3n) is 3.64. The number of hydrogen-bond donors (Lipinski definition) is 2. The summed E-state index contributed by atoms with van der Waals surface area (Å²) in [5.74, 6) is 0. The van der Waals surface area contributed by atoms with E-state index in [0.29, 0.717) is 0 Å². The van der Waals surface area contributed by atoms with Gasteiger partial charge in [0.15, 0.2) is 0 Å². The highest BCUT2D eigenvalue weighted by molar-refractivity contribution is 5.37. The minimum Gasteiger partial charge on any atom is -0.394 e. The maximum absolute atomic E-state index is 9.25. The first-order chi connectivity index (χ1) is 7.56. The van der Waals surface area contributed by atoms with E-state index in [0.717, 1.165) is 19.4 Å². The number of aliphatic hydroxyl groups excluding tert-OH is 1. The van der Waals surface area contributed by atoms with Gasteiger partial charge < -0.3 is 10.4 Å². The Kier molecular flexibility index (Phi) is 3.04. The van der Waals surface area contributed by atoms with E-state index in [1.165, 1.54) is 22.3 Å². The third-order valence-corrected chi connectivity index (χ3v) is 3.64. The van der Waals surface area contributed by atoms with Crippen LogP contribution >= 0.6 is 0 Å². The Labute approximate surface area is 97.7 Å². The van der Waals surface area contributed by atoms with Gasteiger partial charge in [0, 0.05) is 12.1 Å². The normalized spacial score (nSPS) is 17.5. The number of rotatable bonds is 4. The van der Waals surface area contributed by atoms with Crippen LogP contribution in [0.3, 0.4) is 0 Å². The van der Waals surface area contributed by atoms with Gasteiger partial charge in [0.25, 0.3) is 0 Å². The third kappa shape index (κ3) is 2.28. The number of nitrogens with one attached hydrogen (secondary N) is 1. The minimum atomic E-state index is 0.0315. The van der Waals surface area contributed by atoms with Crippen LogP contribution in [0, 0.1) is 20.8 Å². The van der Waals surface area contributed by atoms with Gasteiger partial charge in [0.05, 0.1) is 6.61 Å². The van der Waals surface area contributed by atoms with Gasteiger partial charge in [-0.2, -0.15) is 0 Å². The van der Waals surface area contributed by atoms with Crippen molar-refractivity contribution < 1.29 is 5.11 Å². The molecule has 0 spiro atoms. The van der Waals surface area contributed by atoms with Gasteiger partial charge >= 0.3 is 0 Å². The van der Waals surface area contributed by atoms with Crippen molar-refractivity contribution in [2.24, 2.45) is 0 Å². The lowest BCUT2D eigenvalue weighted by molar-refractivity contribution is 0.229. The SMILES string of the molecule is Cc1cc(C)c(CNC2(CO)CC2)c(C)c1. The second-order valence-corrected chi connectivity index (χ2v) is 5.17. The lowest BCUT2D eigenvalue weighted by Gasteiger charge is -2.17. The molecule has 0 aliphatic heterocycles. The monoisotopic (exact) mass is 219 g/mol. The summed E-state index contributed by atoms with van der Waals surface area (Å²) in [5, 5.41) is 12.7. The van der Waals surface area contributed by atoms with Crippen molar-refractivity contribution in [3.05, 3.63) is 34.4 Å². The van der Waals surface area contributed by atoms with Crippen molar-refractivity contribution >= 4 is 0 Å². The molecule has 1 aromatic carbocycles. The Bertz CT molecular complexity index is 371. The summed E-state index contributed by atoms with van der Waals surface area (Å²) in [6.45, 7) is 7.59. The van der Waals surface area contributed by atoms with Crippen LogP contribution < -0.4 is 5.32 Å². The lowest BCUT2D eigenvalue weighted by Crippen LogP contribution is -2.34. The van der Waals surface area contributed by atoms with Gasteiger partial charge in [-0.15, -0.1) is 0 Å². The summed E-state index contributed by atoms with van der Waals surface area (Å²) < 4.78 is 0. The molecule has 88 valence electrons. The quantitative estimate of drug-likeness (QED) is 0.814. The minimum absolute atomic E-state index is 0.0315. The van der Waals surface area contributed by atoms with Crippen LogP contribution in [0.4, 0.5) is 0 Å². The molecule has 2 heteroatoms. The van der Waals surface area contributed by atoms with Gasteiger partial charge in [0.2, 0.25) is 0 Å². The van der Waals surface area contributed by atoms with Gasteiger partial charge in [0.1, 0.15) is 0 Å². The predicted molar refractivity (Wildman–Crippen MR) is 66.5 cm³/mol. The highest BCUT2D eigenvalue weighted by Gasteiger charge is 2.41. The van der Waals surface area contributed by atoms with Gasteiger partial charge in [-0.25, -0.2) is 0 Å². The van der Waals surface area contributed by atoms with Crippen LogP contribution in [0.5, 0.6) is 0 Å². The molecule has 0 amide bonds. The fourth-order valence-corrected chi connectivity index (χ4v) is 2.31. The van der Waals surface area contributed by atoms with Gasteiger partial charge in [-0.1, -0.05) is 17.7 Å². The molecule has 0 radical (unpaired) electrons. The standard InChI is InChI=1S/C14H21NO/c1-10-6-11(2)13(12(3)7-10)8-15-14(9-16)4-5-14/h6-7,15-16H,4-5,8-9H2,1-3H3. The van der Waals surface area contributed by atoms with Crippen molar-refractivity contribution in [2.75, 3.05) is 6.61 Å². The molecule has 0 bridgehead atoms. The average molecular weight is 219 g/mol. The molecule has 0 saturated heterocycles. The Morgan fingerprint density at radius 3 is 2.19 bits per heavy atom. The zero-order chi connectivity index (χ0) is 11.8. The van der Waals surface area contributed by atoms with Gasteiger partial charge in [-0.3, -0.25) is 0 Å². The molecular formula is C14H21NO. The summed E-state index contributed by atoms with van der Waals surface area (Å²) in [6, 6.07) is 4.45. The summed E-state index contributed by atoms with van der Waals surface area (Å²) in [5.41, 5.74) is 5.42. The van der Waals surface area contributed by atoms with Crippen LogP contribution in [-0.4, -0.2) is 17.3 Å². The molecule has 1 aliphatic carbocycles. The Hall–Kier alpha value is -0.860. The summed E-state index contributed by atoms with van der Waals surface area (Å²) in [6.07, 6.45) is 2.21. The van der Waals surface area contributed by atoms with Crippen molar-refractivity contribution in [1.82, 2.24) is 5.32 Å². The molecule has 1 fully saturated rings. The van der Waals surface area contributed by atoms with Crippen LogP contribution in [0.15, 0.2) is 12.1 Å². The maximum Gasteiger partial charge on any atom is 0.0613 e. The molecular weight excluding hydrogens is 198 g/mol. The summed E-state index contributed by atoms with van der Waals surface area (Å²) >= 11 is 0. The van der Waals surface area contributed by atoms with Crippen molar-refractivity contribution in [2.45, 2.75) is 45.7 Å². The second-order valence-electron chi connectivity index (χ2n) is 5.17. The molecule has 1 aromatic rings. The number of aryl methyl sites for hydroxylation is 3. The molecule has 0 aromatic heterocycles. The van der Waals surface area contributed by atoms with Crippen LogP contribution in [0.1, 0.15) is 35.1 Å². The topological polar surface area (TPSA) is 32.3 Å². The Morgan fingerprint density at radius 1 is 1.19 bits per heavy atom. The van der Waals surface area contributed by atoms with Crippen molar-refractivity contribution in [3.63, 3.8) is 0 Å². The first-order valence-corrected chi connectivity index (χ1v) is 5.99. The van der Waals surface area contributed by atoms with Crippen molar-refractivity contribution in [1.29, 1.82) is 0 Å². The van der Waals surface area contributed by atoms with Crippen LogP contribution in [0.25, 0.3) is 0 Å².